The van der Waals surface area contributed by atoms with E-state index in [4.69, 9.17) is 9.97 Å². The van der Waals surface area contributed by atoms with E-state index >= 15 is 0 Å². The standard InChI is InChI=1S/C20H23FN6/c1-14-6-7-15(12-23-14)20-25-18(24-17-5-2-4-16(21)10-17)11-19(26-20)27-9-3-8-22-13-27/h2-5,8-11,14-15,23H,6-7,12-13H2,1H3,(H,24,25,26)/t14-,15+/m0/s1. The number of hydrogen-bond acceptors (Lipinski definition) is 6. The summed E-state index contributed by atoms with van der Waals surface area (Å²) in [6.07, 6.45) is 7.75. The zero-order valence-corrected chi connectivity index (χ0v) is 15.3. The zero-order chi connectivity index (χ0) is 18.6. The van der Waals surface area contributed by atoms with E-state index < -0.39 is 0 Å². The molecule has 0 unspecified atom stereocenters. The maximum absolute atomic E-state index is 13.5. The summed E-state index contributed by atoms with van der Waals surface area (Å²) < 4.78 is 13.5. The number of piperidine rings is 1. The van der Waals surface area contributed by atoms with Gasteiger partial charge in [0.15, 0.2) is 0 Å². The molecule has 1 fully saturated rings. The van der Waals surface area contributed by atoms with Crippen LogP contribution in [-0.4, -0.2) is 35.4 Å². The van der Waals surface area contributed by atoms with Gasteiger partial charge in [-0.15, -0.1) is 0 Å². The van der Waals surface area contributed by atoms with Crippen LogP contribution in [0.4, 0.5) is 21.7 Å². The third kappa shape index (κ3) is 4.31. The van der Waals surface area contributed by atoms with Crippen molar-refractivity contribution in [1.82, 2.24) is 15.3 Å². The molecule has 0 spiro atoms. The fourth-order valence-corrected chi connectivity index (χ4v) is 3.31. The Morgan fingerprint density at radius 2 is 2.15 bits per heavy atom. The van der Waals surface area contributed by atoms with Crippen LogP contribution in [0, 0.1) is 5.82 Å². The lowest BCUT2D eigenvalue weighted by Gasteiger charge is -2.28. The lowest BCUT2D eigenvalue weighted by atomic mass is 9.95. The van der Waals surface area contributed by atoms with Crippen LogP contribution >= 0.6 is 0 Å². The van der Waals surface area contributed by atoms with E-state index in [0.29, 0.717) is 24.2 Å². The summed E-state index contributed by atoms with van der Waals surface area (Å²) in [7, 11) is 0. The Bertz CT molecular complexity index is 857. The second-order valence-corrected chi connectivity index (χ2v) is 6.97. The van der Waals surface area contributed by atoms with Crippen molar-refractivity contribution in [3.63, 3.8) is 0 Å². The Kier molecular flexibility index (Phi) is 5.11. The molecule has 1 aromatic carbocycles. The summed E-state index contributed by atoms with van der Waals surface area (Å²) in [4.78, 5) is 15.8. The highest BCUT2D eigenvalue weighted by atomic mass is 19.1. The molecule has 2 atom stereocenters. The molecule has 6 nitrogen and oxygen atoms in total. The van der Waals surface area contributed by atoms with Gasteiger partial charge < -0.3 is 15.5 Å². The maximum Gasteiger partial charge on any atom is 0.139 e. The first-order valence-corrected chi connectivity index (χ1v) is 9.25. The second-order valence-electron chi connectivity index (χ2n) is 6.97. The fraction of sp³-hybridized carbons (Fsp3) is 0.350. The molecule has 2 N–H and O–H groups in total. The maximum atomic E-state index is 13.5. The molecule has 0 amide bonds. The first kappa shape index (κ1) is 17.6. The molecule has 1 saturated heterocycles. The van der Waals surface area contributed by atoms with Crippen molar-refractivity contribution in [2.75, 3.05) is 23.4 Å². The molecule has 0 saturated carbocycles. The van der Waals surface area contributed by atoms with E-state index in [1.165, 1.54) is 12.1 Å². The van der Waals surface area contributed by atoms with E-state index in [2.05, 4.69) is 22.5 Å². The summed E-state index contributed by atoms with van der Waals surface area (Å²) in [5.41, 5.74) is 0.660. The van der Waals surface area contributed by atoms with Crippen LogP contribution in [0.5, 0.6) is 0 Å². The van der Waals surface area contributed by atoms with Crippen LogP contribution in [0.3, 0.4) is 0 Å². The van der Waals surface area contributed by atoms with Crippen LogP contribution in [0.25, 0.3) is 0 Å². The lowest BCUT2D eigenvalue weighted by molar-refractivity contribution is 0.376. The van der Waals surface area contributed by atoms with Gasteiger partial charge in [-0.05, 0) is 44.0 Å². The number of hydrogen-bond donors (Lipinski definition) is 2. The van der Waals surface area contributed by atoms with Crippen LogP contribution in [-0.2, 0) is 0 Å². The van der Waals surface area contributed by atoms with Crippen LogP contribution < -0.4 is 15.5 Å². The molecule has 0 aliphatic carbocycles. The Balaban J connectivity index is 1.65. The summed E-state index contributed by atoms with van der Waals surface area (Å²) in [6, 6.07) is 8.77. The van der Waals surface area contributed by atoms with Gasteiger partial charge in [-0.1, -0.05) is 6.07 Å². The molecule has 140 valence electrons. The predicted molar refractivity (Wildman–Crippen MR) is 106 cm³/mol. The minimum Gasteiger partial charge on any atom is -0.340 e. The minimum absolute atomic E-state index is 0.256. The number of rotatable bonds is 4. The van der Waals surface area contributed by atoms with Crippen molar-refractivity contribution < 1.29 is 4.39 Å². The fourth-order valence-electron chi connectivity index (χ4n) is 3.31. The van der Waals surface area contributed by atoms with Gasteiger partial charge in [0.05, 0.1) is 0 Å². The van der Waals surface area contributed by atoms with E-state index in [1.54, 1.807) is 12.3 Å². The molecule has 3 heterocycles. The Morgan fingerprint density at radius 3 is 2.89 bits per heavy atom. The SMILES string of the molecule is C[C@H]1CC[C@@H](c2nc(Nc3cccc(F)c3)cc(N3C=CC=NC3)n2)CN1. The van der Waals surface area contributed by atoms with Gasteiger partial charge in [-0.2, -0.15) is 0 Å². The van der Waals surface area contributed by atoms with Crippen molar-refractivity contribution in [3.8, 4) is 0 Å². The molecule has 27 heavy (non-hydrogen) atoms. The molecule has 1 aromatic heterocycles. The Labute approximate surface area is 158 Å². The molecule has 2 aliphatic rings. The molecular weight excluding hydrogens is 343 g/mol. The van der Waals surface area contributed by atoms with Gasteiger partial charge in [0.1, 0.15) is 29.9 Å². The van der Waals surface area contributed by atoms with Crippen molar-refractivity contribution in [1.29, 1.82) is 0 Å². The Hall–Kier alpha value is -2.80. The van der Waals surface area contributed by atoms with Gasteiger partial charge in [0, 0.05) is 42.7 Å². The van der Waals surface area contributed by atoms with Crippen molar-refractivity contribution in [3.05, 3.63) is 54.2 Å². The van der Waals surface area contributed by atoms with E-state index in [9.17, 15) is 4.39 Å². The molecule has 7 heteroatoms. The highest BCUT2D eigenvalue weighted by Crippen LogP contribution is 2.28. The lowest BCUT2D eigenvalue weighted by Crippen LogP contribution is -2.36. The molecule has 2 aromatic rings. The number of nitrogens with one attached hydrogen (secondary N) is 2. The van der Waals surface area contributed by atoms with Crippen LogP contribution in [0.2, 0.25) is 0 Å². The van der Waals surface area contributed by atoms with Gasteiger partial charge in [-0.3, -0.25) is 4.99 Å². The first-order valence-electron chi connectivity index (χ1n) is 9.25. The summed E-state index contributed by atoms with van der Waals surface area (Å²) >= 11 is 0. The molecule has 0 bridgehead atoms. The van der Waals surface area contributed by atoms with Gasteiger partial charge in [-0.25, -0.2) is 14.4 Å². The third-order valence-corrected chi connectivity index (χ3v) is 4.84. The predicted octanol–water partition coefficient (Wildman–Crippen LogP) is 3.58. The average Bonchev–Trinajstić information content (AvgIpc) is 2.69. The quantitative estimate of drug-likeness (QED) is 0.866. The Morgan fingerprint density at radius 1 is 1.22 bits per heavy atom. The monoisotopic (exact) mass is 366 g/mol. The summed E-state index contributed by atoms with van der Waals surface area (Å²) in [6.45, 7) is 3.57. The third-order valence-electron chi connectivity index (χ3n) is 4.84. The van der Waals surface area contributed by atoms with Crippen LogP contribution in [0.1, 0.15) is 31.5 Å². The summed E-state index contributed by atoms with van der Waals surface area (Å²) in [5.74, 6) is 2.21. The number of benzene rings is 1. The topological polar surface area (TPSA) is 65.4 Å². The number of aromatic nitrogens is 2. The molecule has 2 aliphatic heterocycles. The average molecular weight is 366 g/mol. The largest absolute Gasteiger partial charge is 0.340 e. The number of nitrogens with zero attached hydrogens (tertiary/aromatic N) is 4. The minimum atomic E-state index is -0.284. The summed E-state index contributed by atoms with van der Waals surface area (Å²) in [5, 5.41) is 6.72. The molecule has 4 rings (SSSR count). The zero-order valence-electron chi connectivity index (χ0n) is 15.3. The van der Waals surface area contributed by atoms with Crippen molar-refractivity contribution >= 4 is 23.5 Å². The van der Waals surface area contributed by atoms with Crippen molar-refractivity contribution in [2.24, 2.45) is 4.99 Å². The number of allylic oxidation sites excluding steroid dienone is 1. The number of halogens is 1. The highest BCUT2D eigenvalue weighted by Gasteiger charge is 2.23. The van der Waals surface area contributed by atoms with Crippen molar-refractivity contribution in [2.45, 2.75) is 31.7 Å². The number of anilines is 3. The second kappa shape index (κ2) is 7.84. The molecular formula is C20H23FN6. The van der Waals surface area contributed by atoms with E-state index in [1.807, 2.05) is 29.3 Å². The smallest absolute Gasteiger partial charge is 0.139 e. The number of aliphatic imine (C=N–C) groups is 1. The molecule has 0 radical (unpaired) electrons. The van der Waals surface area contributed by atoms with Gasteiger partial charge in [0.25, 0.3) is 0 Å². The van der Waals surface area contributed by atoms with Gasteiger partial charge >= 0.3 is 0 Å². The van der Waals surface area contributed by atoms with Gasteiger partial charge in [0.2, 0.25) is 0 Å². The van der Waals surface area contributed by atoms with E-state index in [-0.39, 0.29) is 11.7 Å². The van der Waals surface area contributed by atoms with Crippen LogP contribution in [0.15, 0.2) is 47.6 Å². The highest BCUT2D eigenvalue weighted by molar-refractivity contribution is 5.74. The first-order chi connectivity index (χ1) is 13.2. The normalized spacial score (nSPS) is 22.1. The van der Waals surface area contributed by atoms with E-state index in [0.717, 1.165) is 31.0 Å².